The highest BCUT2D eigenvalue weighted by Gasteiger charge is 2.46. The van der Waals surface area contributed by atoms with Crippen molar-refractivity contribution in [3.63, 3.8) is 0 Å². The van der Waals surface area contributed by atoms with E-state index in [-0.39, 0.29) is 29.8 Å². The Bertz CT molecular complexity index is 1600. The largest absolute Gasteiger partial charge is 0.383 e. The molecule has 0 aliphatic carbocycles. The maximum Gasteiger partial charge on any atom is 0.320 e. The molecule has 6 heterocycles. The number of nitrogen functional groups attached to an aromatic ring is 1. The number of hydrogen-bond donors (Lipinski definition) is 1. The smallest absolute Gasteiger partial charge is 0.320 e. The Morgan fingerprint density at radius 2 is 1.68 bits per heavy atom. The number of amides is 2. The number of carbonyl (C=O) groups is 2. The van der Waals surface area contributed by atoms with E-state index >= 15 is 0 Å². The summed E-state index contributed by atoms with van der Waals surface area (Å²) < 4.78 is 7.01. The number of pyridine rings is 1. The van der Waals surface area contributed by atoms with E-state index in [0.29, 0.717) is 49.0 Å². The van der Waals surface area contributed by atoms with Gasteiger partial charge in [-0.05, 0) is 38.7 Å². The summed E-state index contributed by atoms with van der Waals surface area (Å²) in [5, 5.41) is 4.51. The highest BCUT2D eigenvalue weighted by Crippen LogP contribution is 2.45. The molecule has 3 aromatic heterocycles. The van der Waals surface area contributed by atoms with Gasteiger partial charge in [0, 0.05) is 54.0 Å². The molecule has 210 valence electrons. The second-order valence-electron chi connectivity index (χ2n) is 11.2. The first-order valence-corrected chi connectivity index (χ1v) is 14.3. The fraction of sp³-hybridized carbons (Fsp3) is 0.387. The third-order valence-corrected chi connectivity index (χ3v) is 8.83. The highest BCUT2D eigenvalue weighted by molar-refractivity contribution is 6.00. The number of anilines is 1. The number of rotatable bonds is 4. The zero-order valence-corrected chi connectivity index (χ0v) is 23.1. The van der Waals surface area contributed by atoms with Crippen molar-refractivity contribution < 1.29 is 14.3 Å². The lowest BCUT2D eigenvalue weighted by Crippen LogP contribution is -2.54. The number of Topliss-reactive ketones (excluding diaryl/α,β-unsaturated/α-hetero) is 1. The molecule has 2 unspecified atom stereocenters. The predicted octanol–water partition coefficient (Wildman–Crippen LogP) is 4.41. The van der Waals surface area contributed by atoms with E-state index in [1.54, 1.807) is 10.7 Å². The number of urea groups is 1. The summed E-state index contributed by atoms with van der Waals surface area (Å²) in [7, 11) is 0. The molecule has 4 aromatic rings. The molecule has 41 heavy (non-hydrogen) atoms. The first-order chi connectivity index (χ1) is 20.0. The molecule has 3 fully saturated rings. The Morgan fingerprint density at radius 1 is 0.951 bits per heavy atom. The molecule has 2 N–H and O–H groups in total. The fourth-order valence-corrected chi connectivity index (χ4v) is 6.86. The van der Waals surface area contributed by atoms with Gasteiger partial charge in [0.05, 0.1) is 36.4 Å². The molecule has 3 saturated heterocycles. The van der Waals surface area contributed by atoms with Gasteiger partial charge in [-0.15, -0.1) is 0 Å². The minimum atomic E-state index is -0.128. The number of piperidine rings is 1. The number of nitrogens with two attached hydrogens (primary N) is 1. The molecular formula is C31H33N7O3. The van der Waals surface area contributed by atoms with E-state index in [1.165, 1.54) is 6.92 Å². The van der Waals surface area contributed by atoms with Crippen LogP contribution in [0.1, 0.15) is 54.6 Å². The van der Waals surface area contributed by atoms with Gasteiger partial charge in [0.25, 0.3) is 0 Å². The van der Waals surface area contributed by atoms with E-state index in [9.17, 15) is 9.59 Å². The summed E-state index contributed by atoms with van der Waals surface area (Å²) in [6, 6.07) is 14.4. The molecule has 3 atom stereocenters. The van der Waals surface area contributed by atoms with E-state index in [4.69, 9.17) is 15.5 Å². The lowest BCUT2D eigenvalue weighted by Gasteiger charge is -2.42. The van der Waals surface area contributed by atoms with Crippen LogP contribution in [0.25, 0.3) is 28.0 Å². The number of nitrogens with zero attached hydrogens (tertiary/aromatic N) is 6. The average Bonchev–Trinajstić information content (AvgIpc) is 3.55. The average molecular weight is 552 g/mol. The van der Waals surface area contributed by atoms with Crippen molar-refractivity contribution in [2.45, 2.75) is 50.6 Å². The van der Waals surface area contributed by atoms with Crippen molar-refractivity contribution in [2.24, 2.45) is 0 Å². The second-order valence-corrected chi connectivity index (χ2v) is 11.2. The molecule has 7 rings (SSSR count). The van der Waals surface area contributed by atoms with Crippen LogP contribution in [0.5, 0.6) is 0 Å². The number of ketones is 1. The molecule has 10 heteroatoms. The molecule has 0 radical (unpaired) electrons. The van der Waals surface area contributed by atoms with Crippen molar-refractivity contribution in [3.05, 3.63) is 66.1 Å². The number of hydrogen-bond acceptors (Lipinski definition) is 7. The van der Waals surface area contributed by atoms with Crippen molar-refractivity contribution in [1.82, 2.24) is 29.4 Å². The quantitative estimate of drug-likeness (QED) is 0.373. The minimum absolute atomic E-state index is 0.0220. The lowest BCUT2D eigenvalue weighted by atomic mass is 9.85. The minimum Gasteiger partial charge on any atom is -0.383 e. The third kappa shape index (κ3) is 4.42. The zero-order valence-electron chi connectivity index (χ0n) is 23.1. The van der Waals surface area contributed by atoms with Crippen LogP contribution in [0.2, 0.25) is 0 Å². The Kier molecular flexibility index (Phi) is 6.42. The predicted molar refractivity (Wildman–Crippen MR) is 154 cm³/mol. The van der Waals surface area contributed by atoms with E-state index in [1.807, 2.05) is 53.6 Å². The highest BCUT2D eigenvalue weighted by atomic mass is 16.5. The molecule has 3 aliphatic rings. The van der Waals surface area contributed by atoms with Crippen LogP contribution in [0.4, 0.5) is 10.6 Å². The fourth-order valence-electron chi connectivity index (χ4n) is 6.86. The number of ether oxygens (including phenoxy) is 1. The molecule has 0 saturated carbocycles. The summed E-state index contributed by atoms with van der Waals surface area (Å²) >= 11 is 0. The molecule has 2 bridgehead atoms. The van der Waals surface area contributed by atoms with Crippen LogP contribution < -0.4 is 5.73 Å². The molecule has 1 aromatic carbocycles. The topological polar surface area (TPSA) is 119 Å². The summed E-state index contributed by atoms with van der Waals surface area (Å²) in [5.41, 5.74) is 12.0. The van der Waals surface area contributed by atoms with Crippen molar-refractivity contribution in [3.8, 4) is 22.4 Å². The van der Waals surface area contributed by atoms with Crippen molar-refractivity contribution in [1.29, 1.82) is 0 Å². The summed E-state index contributed by atoms with van der Waals surface area (Å²) in [4.78, 5) is 40.1. The Hall–Kier alpha value is -4.31. The summed E-state index contributed by atoms with van der Waals surface area (Å²) in [6.07, 6.45) is 6.99. The SMILES string of the molecule is CC(=O)c1c(C2CC3CC[C@@H](C2)N3C(=O)N2CCOCC2)nc2c(-c3ccc(-c4ccccc4)nc3)cnn2c1N. The Labute approximate surface area is 238 Å². The van der Waals surface area contributed by atoms with Gasteiger partial charge in [0.2, 0.25) is 0 Å². The number of carbonyl (C=O) groups excluding carboxylic acids is 2. The van der Waals surface area contributed by atoms with Gasteiger partial charge in [-0.3, -0.25) is 9.78 Å². The van der Waals surface area contributed by atoms with Crippen molar-refractivity contribution >= 4 is 23.3 Å². The van der Waals surface area contributed by atoms with Crippen LogP contribution >= 0.6 is 0 Å². The lowest BCUT2D eigenvalue weighted by molar-refractivity contribution is 0.0330. The standard InChI is InChI=1S/C31H33N7O3/c1-19(39)27-28(22-15-23-8-9-24(16-22)37(23)31(40)36-11-13-41-14-12-36)35-30-25(18-34-38(30)29(27)32)21-7-10-26(33-17-21)20-5-3-2-4-6-20/h2-7,10,17-18,22-24H,8-9,11-16,32H2,1H3/t22?,23-,24?/m0/s1. The van der Waals surface area contributed by atoms with Crippen LogP contribution in [-0.2, 0) is 4.74 Å². The van der Waals surface area contributed by atoms with Crippen LogP contribution in [0.15, 0.2) is 54.9 Å². The number of fused-ring (bicyclic) bond motifs is 3. The van der Waals surface area contributed by atoms with Gasteiger partial charge >= 0.3 is 6.03 Å². The Morgan fingerprint density at radius 3 is 2.34 bits per heavy atom. The maximum atomic E-state index is 13.4. The van der Waals surface area contributed by atoms with Gasteiger partial charge in [0.15, 0.2) is 11.4 Å². The van der Waals surface area contributed by atoms with Gasteiger partial charge in [-0.25, -0.2) is 9.78 Å². The van der Waals surface area contributed by atoms with E-state index in [2.05, 4.69) is 15.0 Å². The first kappa shape index (κ1) is 25.6. The van der Waals surface area contributed by atoms with Crippen molar-refractivity contribution in [2.75, 3.05) is 32.0 Å². The first-order valence-electron chi connectivity index (χ1n) is 14.3. The van der Waals surface area contributed by atoms with Crippen LogP contribution in [0.3, 0.4) is 0 Å². The number of morpholine rings is 1. The molecule has 2 amide bonds. The maximum absolute atomic E-state index is 13.4. The number of aromatic nitrogens is 4. The van der Waals surface area contributed by atoms with Crippen LogP contribution in [-0.4, -0.2) is 79.6 Å². The second kappa shape index (κ2) is 10.3. The molecule has 3 aliphatic heterocycles. The molecule has 0 spiro atoms. The van der Waals surface area contributed by atoms with Gasteiger partial charge < -0.3 is 20.3 Å². The van der Waals surface area contributed by atoms with E-state index in [0.717, 1.165) is 48.1 Å². The summed E-state index contributed by atoms with van der Waals surface area (Å²) in [6.45, 7) is 3.96. The third-order valence-electron chi connectivity index (χ3n) is 8.83. The Balaban J connectivity index is 1.23. The van der Waals surface area contributed by atoms with Gasteiger partial charge in [-0.1, -0.05) is 36.4 Å². The summed E-state index contributed by atoms with van der Waals surface area (Å²) in [5.74, 6) is 0.197. The van der Waals surface area contributed by atoms with Gasteiger partial charge in [0.1, 0.15) is 5.82 Å². The monoisotopic (exact) mass is 551 g/mol. The van der Waals surface area contributed by atoms with Gasteiger partial charge in [-0.2, -0.15) is 9.61 Å². The molecular weight excluding hydrogens is 518 g/mol. The molecule has 10 nitrogen and oxygen atoms in total. The van der Waals surface area contributed by atoms with Crippen LogP contribution in [0, 0.1) is 0 Å². The zero-order chi connectivity index (χ0) is 28.1. The number of benzene rings is 1. The normalized spacial score (nSPS) is 22.3. The van der Waals surface area contributed by atoms with E-state index < -0.39 is 0 Å².